The van der Waals surface area contributed by atoms with Crippen LogP contribution in [0.4, 0.5) is 0 Å². The number of esters is 2. The molecule has 1 heterocycles. The van der Waals surface area contributed by atoms with E-state index in [1.54, 1.807) is 0 Å². The summed E-state index contributed by atoms with van der Waals surface area (Å²) in [4.78, 5) is 22.3. The minimum atomic E-state index is -0.698. The van der Waals surface area contributed by atoms with E-state index >= 15 is 0 Å². The summed E-state index contributed by atoms with van der Waals surface area (Å²) in [5.74, 6) is -0.858. The molecular formula is C12H18O6. The van der Waals surface area contributed by atoms with Gasteiger partial charge in [-0.15, -0.1) is 0 Å². The molecule has 18 heavy (non-hydrogen) atoms. The lowest BCUT2D eigenvalue weighted by Gasteiger charge is -2.41. The quantitative estimate of drug-likeness (QED) is 0.696. The Bertz CT molecular complexity index is 348. The fraction of sp³-hybridized carbons (Fsp3) is 0.833. The van der Waals surface area contributed by atoms with E-state index in [0.717, 1.165) is 19.3 Å². The Morgan fingerprint density at radius 1 is 1.17 bits per heavy atom. The predicted octanol–water partition coefficient (Wildman–Crippen LogP) is 0.775. The lowest BCUT2D eigenvalue weighted by molar-refractivity contribution is -0.206. The zero-order chi connectivity index (χ0) is 13.3. The van der Waals surface area contributed by atoms with Gasteiger partial charge in [-0.25, -0.2) is 0 Å². The molecular weight excluding hydrogens is 240 g/mol. The van der Waals surface area contributed by atoms with Crippen LogP contribution in [0.15, 0.2) is 0 Å². The van der Waals surface area contributed by atoms with Crippen LogP contribution in [0.25, 0.3) is 0 Å². The minimum Gasteiger partial charge on any atom is -0.455 e. The highest BCUT2D eigenvalue weighted by Crippen LogP contribution is 2.48. The van der Waals surface area contributed by atoms with Gasteiger partial charge in [0.1, 0.15) is 5.60 Å². The maximum Gasteiger partial charge on any atom is 0.303 e. The average Bonchev–Trinajstić information content (AvgIpc) is 2.51. The lowest BCUT2D eigenvalue weighted by atomic mass is 9.75. The van der Waals surface area contributed by atoms with E-state index < -0.39 is 36.0 Å². The van der Waals surface area contributed by atoms with Crippen LogP contribution in [0.1, 0.15) is 33.1 Å². The summed E-state index contributed by atoms with van der Waals surface area (Å²) >= 11 is 0. The molecule has 1 saturated carbocycles. The Morgan fingerprint density at radius 2 is 1.78 bits per heavy atom. The van der Waals surface area contributed by atoms with Gasteiger partial charge in [0.05, 0.1) is 0 Å². The topological polar surface area (TPSA) is 71.1 Å². The van der Waals surface area contributed by atoms with Crippen molar-refractivity contribution in [3.05, 3.63) is 0 Å². The maximum atomic E-state index is 11.2. The van der Waals surface area contributed by atoms with Crippen LogP contribution in [0.5, 0.6) is 0 Å². The van der Waals surface area contributed by atoms with Crippen molar-refractivity contribution in [2.75, 3.05) is 7.11 Å². The van der Waals surface area contributed by atoms with Gasteiger partial charge in [-0.2, -0.15) is 0 Å². The zero-order valence-electron chi connectivity index (χ0n) is 10.8. The van der Waals surface area contributed by atoms with Crippen LogP contribution in [-0.2, 0) is 28.5 Å². The fourth-order valence-electron chi connectivity index (χ4n) is 2.58. The normalized spacial score (nSPS) is 32.9. The van der Waals surface area contributed by atoms with Crippen molar-refractivity contribution in [3.63, 3.8) is 0 Å². The van der Waals surface area contributed by atoms with Gasteiger partial charge in [0.15, 0.2) is 18.5 Å². The van der Waals surface area contributed by atoms with Crippen LogP contribution in [0.3, 0.4) is 0 Å². The van der Waals surface area contributed by atoms with E-state index in [1.807, 2.05) is 0 Å². The third-order valence-corrected chi connectivity index (χ3v) is 3.46. The summed E-state index contributed by atoms with van der Waals surface area (Å²) in [6.07, 6.45) is 0.597. The molecule has 2 rings (SSSR count). The van der Waals surface area contributed by atoms with E-state index in [9.17, 15) is 9.59 Å². The molecule has 0 aromatic carbocycles. The number of rotatable bonds is 3. The van der Waals surface area contributed by atoms with Crippen LogP contribution in [0, 0.1) is 0 Å². The Balaban J connectivity index is 2.20. The third kappa shape index (κ3) is 2.22. The van der Waals surface area contributed by atoms with Crippen molar-refractivity contribution in [2.24, 2.45) is 0 Å². The van der Waals surface area contributed by atoms with Crippen LogP contribution >= 0.6 is 0 Å². The predicted molar refractivity (Wildman–Crippen MR) is 59.6 cm³/mol. The summed E-state index contributed by atoms with van der Waals surface area (Å²) in [6, 6.07) is 0. The highest BCUT2D eigenvalue weighted by atomic mass is 16.7. The molecule has 6 heteroatoms. The molecule has 1 aliphatic heterocycles. The fourth-order valence-corrected chi connectivity index (χ4v) is 2.58. The second-order valence-corrected chi connectivity index (χ2v) is 4.74. The van der Waals surface area contributed by atoms with Gasteiger partial charge in [-0.1, -0.05) is 0 Å². The van der Waals surface area contributed by atoms with Gasteiger partial charge in [0.25, 0.3) is 0 Å². The van der Waals surface area contributed by atoms with Gasteiger partial charge < -0.3 is 18.9 Å². The molecule has 6 nitrogen and oxygen atoms in total. The minimum absolute atomic E-state index is 0.413. The first kappa shape index (κ1) is 13.3. The molecule has 0 amide bonds. The third-order valence-electron chi connectivity index (χ3n) is 3.46. The SMILES string of the molecule is CO[C@@H]1OC2(CCC2)C(OC(C)=O)C1OC(C)=O. The summed E-state index contributed by atoms with van der Waals surface area (Å²) in [6.45, 7) is 2.64. The molecule has 2 fully saturated rings. The number of hydrogen-bond donors (Lipinski definition) is 0. The second-order valence-electron chi connectivity index (χ2n) is 4.74. The van der Waals surface area contributed by atoms with Crippen molar-refractivity contribution in [1.82, 2.24) is 0 Å². The van der Waals surface area contributed by atoms with Crippen molar-refractivity contribution in [3.8, 4) is 0 Å². The van der Waals surface area contributed by atoms with Gasteiger partial charge in [0.2, 0.25) is 0 Å². The van der Waals surface area contributed by atoms with Crippen LogP contribution in [0.2, 0.25) is 0 Å². The molecule has 3 atom stereocenters. The van der Waals surface area contributed by atoms with Gasteiger partial charge in [0, 0.05) is 21.0 Å². The van der Waals surface area contributed by atoms with Crippen molar-refractivity contribution in [2.45, 2.75) is 57.2 Å². The van der Waals surface area contributed by atoms with E-state index in [4.69, 9.17) is 18.9 Å². The average molecular weight is 258 g/mol. The summed E-state index contributed by atoms with van der Waals surface area (Å²) in [5, 5.41) is 0. The van der Waals surface area contributed by atoms with Gasteiger partial charge in [-0.05, 0) is 19.3 Å². The molecule has 0 N–H and O–H groups in total. The largest absolute Gasteiger partial charge is 0.455 e. The highest BCUT2D eigenvalue weighted by Gasteiger charge is 2.61. The number of carbonyl (C=O) groups excluding carboxylic acids is 2. The molecule has 0 bridgehead atoms. The van der Waals surface area contributed by atoms with E-state index in [-0.39, 0.29) is 0 Å². The number of carbonyl (C=O) groups is 2. The lowest BCUT2D eigenvalue weighted by Crippen LogP contribution is -2.51. The van der Waals surface area contributed by atoms with Gasteiger partial charge in [-0.3, -0.25) is 9.59 Å². The number of hydrogen-bond acceptors (Lipinski definition) is 6. The number of methoxy groups -OCH3 is 1. The van der Waals surface area contributed by atoms with Crippen LogP contribution in [-0.4, -0.2) is 43.1 Å². The van der Waals surface area contributed by atoms with E-state index in [2.05, 4.69) is 0 Å². The first-order chi connectivity index (χ1) is 8.48. The highest BCUT2D eigenvalue weighted by molar-refractivity contribution is 5.67. The van der Waals surface area contributed by atoms with Crippen LogP contribution < -0.4 is 0 Å². The van der Waals surface area contributed by atoms with E-state index in [0.29, 0.717) is 0 Å². The molecule has 102 valence electrons. The Kier molecular flexibility index (Phi) is 3.59. The summed E-state index contributed by atoms with van der Waals surface area (Å²) in [7, 11) is 1.48. The Hall–Kier alpha value is -1.14. The summed E-state index contributed by atoms with van der Waals surface area (Å²) in [5.41, 5.74) is -0.549. The zero-order valence-corrected chi connectivity index (χ0v) is 10.8. The van der Waals surface area contributed by atoms with E-state index in [1.165, 1.54) is 21.0 Å². The smallest absolute Gasteiger partial charge is 0.303 e. The molecule has 0 aromatic heterocycles. The van der Waals surface area contributed by atoms with Gasteiger partial charge >= 0.3 is 11.9 Å². The molecule has 0 aromatic rings. The second kappa shape index (κ2) is 4.85. The molecule has 0 radical (unpaired) electrons. The molecule has 2 aliphatic rings. The standard InChI is InChI=1S/C12H18O6/c1-7(13)16-9-10(17-8(2)14)12(5-4-6-12)18-11(9)15-3/h9-11H,4-6H2,1-3H3/t9?,10?,11-/m1/s1. The van der Waals surface area contributed by atoms with Crippen molar-refractivity contribution >= 4 is 11.9 Å². The van der Waals surface area contributed by atoms with Crippen molar-refractivity contribution < 1.29 is 28.5 Å². The Labute approximate surface area is 106 Å². The monoisotopic (exact) mass is 258 g/mol. The van der Waals surface area contributed by atoms with Crippen molar-refractivity contribution in [1.29, 1.82) is 0 Å². The Morgan fingerprint density at radius 3 is 2.17 bits per heavy atom. The maximum absolute atomic E-state index is 11.2. The molecule has 2 unspecified atom stereocenters. The molecule has 1 aliphatic carbocycles. The summed E-state index contributed by atoms with van der Waals surface area (Å²) < 4.78 is 21.4. The first-order valence-electron chi connectivity index (χ1n) is 6.03. The molecule has 1 saturated heterocycles. The first-order valence-corrected chi connectivity index (χ1v) is 6.03. The number of ether oxygens (including phenoxy) is 4. The molecule has 1 spiro atoms.